The summed E-state index contributed by atoms with van der Waals surface area (Å²) in [6.07, 6.45) is 1.66. The van der Waals surface area contributed by atoms with E-state index in [1.54, 1.807) is 6.08 Å². The smallest absolute Gasteiger partial charge is 0.210 e. The largest absolute Gasteiger partial charge is 0.371 e. The molecule has 26 heavy (non-hydrogen) atoms. The molecule has 5 nitrogen and oxygen atoms in total. The molecule has 0 spiro atoms. The molecule has 132 valence electrons. The van der Waals surface area contributed by atoms with Crippen molar-refractivity contribution in [3.8, 4) is 11.3 Å². The number of allylic oxidation sites excluding steroid dienone is 1. The predicted octanol–water partition coefficient (Wildman–Crippen LogP) is 4.04. The molecular weight excluding hydrogens is 324 g/mol. The molecule has 0 atom stereocenters. The Balaban J connectivity index is 2.02. The van der Waals surface area contributed by atoms with E-state index < -0.39 is 0 Å². The highest BCUT2D eigenvalue weighted by Gasteiger charge is 2.18. The number of H-pyrrole nitrogens is 1. The van der Waals surface area contributed by atoms with Crippen LogP contribution in [-0.2, 0) is 0 Å². The molecule has 0 aliphatic rings. The molecule has 0 saturated heterocycles. The molecule has 1 heterocycles. The van der Waals surface area contributed by atoms with Gasteiger partial charge in [0.2, 0.25) is 5.78 Å². The number of benzene rings is 2. The second-order valence-electron chi connectivity index (χ2n) is 5.82. The van der Waals surface area contributed by atoms with Crippen LogP contribution in [0.1, 0.15) is 29.9 Å². The highest BCUT2D eigenvalue weighted by Crippen LogP contribution is 2.23. The third-order valence-electron chi connectivity index (χ3n) is 4.27. The van der Waals surface area contributed by atoms with Crippen LogP contribution < -0.4 is 0 Å². The van der Waals surface area contributed by atoms with E-state index in [0.717, 1.165) is 29.9 Å². The van der Waals surface area contributed by atoms with Gasteiger partial charge in [-0.05, 0) is 19.4 Å². The van der Waals surface area contributed by atoms with Crippen molar-refractivity contribution < 1.29 is 4.79 Å². The Morgan fingerprint density at radius 2 is 1.58 bits per heavy atom. The summed E-state index contributed by atoms with van der Waals surface area (Å²) in [5.74, 6) is -0.164. The van der Waals surface area contributed by atoms with Gasteiger partial charge in [-0.3, -0.25) is 4.79 Å². The highest BCUT2D eigenvalue weighted by atomic mass is 16.1. The first kappa shape index (κ1) is 17.6. The molecule has 3 rings (SSSR count). The van der Waals surface area contributed by atoms with E-state index in [9.17, 15) is 4.79 Å². The van der Waals surface area contributed by atoms with E-state index in [1.165, 1.54) is 0 Å². The molecule has 5 heteroatoms. The Hall–Kier alpha value is -3.21. The van der Waals surface area contributed by atoms with E-state index in [2.05, 4.69) is 34.2 Å². The van der Waals surface area contributed by atoms with Crippen LogP contribution in [0.4, 0.5) is 0 Å². The van der Waals surface area contributed by atoms with Gasteiger partial charge in [-0.1, -0.05) is 60.7 Å². The van der Waals surface area contributed by atoms with Gasteiger partial charge in [0.25, 0.3) is 0 Å². The van der Waals surface area contributed by atoms with Crippen LogP contribution in [0.3, 0.4) is 0 Å². The van der Waals surface area contributed by atoms with Crippen molar-refractivity contribution in [3.05, 3.63) is 78.0 Å². The van der Waals surface area contributed by atoms with E-state index in [1.807, 2.05) is 60.7 Å². The minimum Gasteiger partial charge on any atom is -0.371 e. The fourth-order valence-corrected chi connectivity index (χ4v) is 2.92. The summed E-state index contributed by atoms with van der Waals surface area (Å²) in [5, 5.41) is 10.9. The average molecular weight is 346 g/mol. The van der Waals surface area contributed by atoms with Crippen LogP contribution in [0.15, 0.2) is 66.7 Å². The minimum atomic E-state index is -0.164. The van der Waals surface area contributed by atoms with Gasteiger partial charge in [0.15, 0.2) is 5.69 Å². The van der Waals surface area contributed by atoms with E-state index >= 15 is 0 Å². The van der Waals surface area contributed by atoms with Gasteiger partial charge in [0.05, 0.1) is 0 Å². The number of ketones is 1. The fourth-order valence-electron chi connectivity index (χ4n) is 2.92. The summed E-state index contributed by atoms with van der Waals surface area (Å²) >= 11 is 0. The van der Waals surface area contributed by atoms with Gasteiger partial charge in [0.1, 0.15) is 5.69 Å². The van der Waals surface area contributed by atoms with Crippen molar-refractivity contribution in [1.29, 1.82) is 0 Å². The lowest BCUT2D eigenvalue weighted by Crippen LogP contribution is -2.22. The van der Waals surface area contributed by atoms with Crippen molar-refractivity contribution in [2.45, 2.75) is 13.8 Å². The average Bonchev–Trinajstić information content (AvgIpc) is 3.19. The number of carbonyl (C=O) groups is 1. The van der Waals surface area contributed by atoms with Crippen molar-refractivity contribution >= 4 is 11.5 Å². The summed E-state index contributed by atoms with van der Waals surface area (Å²) in [6, 6.07) is 19.5. The van der Waals surface area contributed by atoms with Crippen molar-refractivity contribution in [1.82, 2.24) is 20.3 Å². The van der Waals surface area contributed by atoms with Crippen molar-refractivity contribution in [3.63, 3.8) is 0 Å². The lowest BCUT2D eigenvalue weighted by atomic mass is 10.0. The summed E-state index contributed by atoms with van der Waals surface area (Å²) in [5.41, 5.74) is 3.66. The molecule has 0 saturated carbocycles. The van der Waals surface area contributed by atoms with Crippen LogP contribution in [0, 0.1) is 0 Å². The predicted molar refractivity (Wildman–Crippen MR) is 103 cm³/mol. The Bertz CT molecular complexity index is 881. The second-order valence-corrected chi connectivity index (χ2v) is 5.82. The second kappa shape index (κ2) is 8.25. The number of hydrogen-bond acceptors (Lipinski definition) is 4. The Morgan fingerprint density at radius 1 is 0.962 bits per heavy atom. The maximum absolute atomic E-state index is 13.0. The zero-order chi connectivity index (χ0) is 18.4. The molecule has 0 radical (unpaired) electrons. The van der Waals surface area contributed by atoms with Crippen LogP contribution in [0.25, 0.3) is 17.0 Å². The topological polar surface area (TPSA) is 61.9 Å². The maximum atomic E-state index is 13.0. The molecular formula is C21H22N4O. The first-order valence-electron chi connectivity index (χ1n) is 8.77. The molecule has 1 N–H and O–H groups in total. The molecule has 0 bridgehead atoms. The number of carbonyl (C=O) groups excluding carboxylic acids is 1. The zero-order valence-corrected chi connectivity index (χ0v) is 15.0. The third-order valence-corrected chi connectivity index (χ3v) is 4.27. The molecule has 2 aromatic carbocycles. The first-order chi connectivity index (χ1) is 12.7. The molecule has 0 aliphatic heterocycles. The van der Waals surface area contributed by atoms with E-state index in [0.29, 0.717) is 11.4 Å². The Kier molecular flexibility index (Phi) is 5.59. The van der Waals surface area contributed by atoms with Gasteiger partial charge in [-0.25, -0.2) is 0 Å². The number of rotatable bonds is 7. The fraction of sp³-hybridized carbons (Fsp3) is 0.190. The van der Waals surface area contributed by atoms with Crippen LogP contribution in [0.5, 0.6) is 0 Å². The number of nitrogens with zero attached hydrogens (tertiary/aromatic N) is 3. The summed E-state index contributed by atoms with van der Waals surface area (Å²) in [4.78, 5) is 15.2. The van der Waals surface area contributed by atoms with Gasteiger partial charge in [-0.15, -0.1) is 0 Å². The van der Waals surface area contributed by atoms with E-state index in [-0.39, 0.29) is 5.78 Å². The summed E-state index contributed by atoms with van der Waals surface area (Å²) < 4.78 is 0. The molecule has 0 aliphatic carbocycles. The lowest BCUT2D eigenvalue weighted by molar-refractivity contribution is 0.104. The summed E-state index contributed by atoms with van der Waals surface area (Å²) in [6.45, 7) is 5.79. The highest BCUT2D eigenvalue weighted by molar-refractivity contribution is 6.10. The minimum absolute atomic E-state index is 0.164. The zero-order valence-electron chi connectivity index (χ0n) is 15.0. The number of aromatic amines is 1. The SMILES string of the molecule is CCN(CC)/C(=C/C(=O)c1n[nH]nc1-c1ccccc1)c1ccccc1. The lowest BCUT2D eigenvalue weighted by Gasteiger charge is -2.24. The number of nitrogens with one attached hydrogen (secondary N) is 1. The molecule has 1 aromatic heterocycles. The van der Waals surface area contributed by atoms with Gasteiger partial charge in [-0.2, -0.15) is 15.4 Å². The van der Waals surface area contributed by atoms with Gasteiger partial charge < -0.3 is 4.90 Å². The Labute approximate surface area is 153 Å². The first-order valence-corrected chi connectivity index (χ1v) is 8.77. The third kappa shape index (κ3) is 3.72. The van der Waals surface area contributed by atoms with Crippen LogP contribution in [0.2, 0.25) is 0 Å². The molecule has 0 unspecified atom stereocenters. The van der Waals surface area contributed by atoms with Crippen molar-refractivity contribution in [2.75, 3.05) is 13.1 Å². The molecule has 0 amide bonds. The normalized spacial score (nSPS) is 11.4. The van der Waals surface area contributed by atoms with Crippen LogP contribution >= 0.6 is 0 Å². The summed E-state index contributed by atoms with van der Waals surface area (Å²) in [7, 11) is 0. The number of aromatic nitrogens is 3. The quantitative estimate of drug-likeness (QED) is 0.518. The molecule has 0 fully saturated rings. The van der Waals surface area contributed by atoms with Gasteiger partial charge >= 0.3 is 0 Å². The van der Waals surface area contributed by atoms with E-state index in [4.69, 9.17) is 0 Å². The van der Waals surface area contributed by atoms with Crippen LogP contribution in [-0.4, -0.2) is 39.2 Å². The Morgan fingerprint density at radius 3 is 2.19 bits per heavy atom. The maximum Gasteiger partial charge on any atom is 0.210 e. The monoisotopic (exact) mass is 346 g/mol. The number of hydrogen-bond donors (Lipinski definition) is 1. The van der Waals surface area contributed by atoms with Gasteiger partial charge in [0, 0.05) is 30.4 Å². The molecule has 3 aromatic rings. The van der Waals surface area contributed by atoms with Crippen molar-refractivity contribution in [2.24, 2.45) is 0 Å². The standard InChI is InChI=1S/C21H22N4O/c1-3-25(4-2)18(16-11-7-5-8-12-16)15-19(26)21-20(22-24-23-21)17-13-9-6-10-14-17/h5-15H,3-4H2,1-2H3,(H,22,23,24)/b18-15+.